The number of alkyl carbamates (subject to hydrolysis) is 1. The van der Waals surface area contributed by atoms with Crippen LogP contribution in [0.2, 0.25) is 0 Å². The van der Waals surface area contributed by atoms with Gasteiger partial charge < -0.3 is 10.1 Å². The van der Waals surface area contributed by atoms with Crippen LogP contribution in [-0.4, -0.2) is 17.2 Å². The molecule has 14 heavy (non-hydrogen) atoms. The summed E-state index contributed by atoms with van der Waals surface area (Å²) in [4.78, 5) is 11.4. The maximum Gasteiger partial charge on any atom is 0.408 e. The van der Waals surface area contributed by atoms with Crippen LogP contribution in [0.4, 0.5) is 4.79 Å². The largest absolute Gasteiger partial charge is 0.444 e. The van der Waals surface area contributed by atoms with E-state index in [-0.39, 0.29) is 11.6 Å². The molecular weight excluding hydrogens is 178 g/mol. The Morgan fingerprint density at radius 1 is 1.43 bits per heavy atom. The second kappa shape index (κ2) is 3.44. The number of hydrogen-bond donors (Lipinski definition) is 1. The van der Waals surface area contributed by atoms with Gasteiger partial charge in [-0.15, -0.1) is 0 Å². The number of ether oxygens (including phenoxy) is 1. The van der Waals surface area contributed by atoms with Crippen LogP contribution in [-0.2, 0) is 4.74 Å². The zero-order valence-electron chi connectivity index (χ0n) is 9.81. The first-order chi connectivity index (χ1) is 6.20. The van der Waals surface area contributed by atoms with Crippen molar-refractivity contribution in [3.8, 4) is 0 Å². The molecule has 0 aliphatic heterocycles. The minimum Gasteiger partial charge on any atom is -0.444 e. The van der Waals surface area contributed by atoms with Gasteiger partial charge in [-0.1, -0.05) is 6.92 Å². The third-order valence-corrected chi connectivity index (χ3v) is 2.40. The fourth-order valence-corrected chi connectivity index (χ4v) is 2.13. The molecule has 1 amide bonds. The lowest BCUT2D eigenvalue weighted by Crippen LogP contribution is -2.55. The van der Waals surface area contributed by atoms with Crippen molar-refractivity contribution in [3.63, 3.8) is 0 Å². The van der Waals surface area contributed by atoms with Gasteiger partial charge in [-0.25, -0.2) is 4.79 Å². The van der Waals surface area contributed by atoms with E-state index in [2.05, 4.69) is 19.2 Å². The predicted octanol–water partition coefficient (Wildman–Crippen LogP) is 2.70. The van der Waals surface area contributed by atoms with E-state index < -0.39 is 5.60 Å². The Morgan fingerprint density at radius 3 is 2.29 bits per heavy atom. The molecule has 1 rings (SSSR count). The lowest BCUT2D eigenvalue weighted by atomic mass is 9.70. The molecule has 82 valence electrons. The Hall–Kier alpha value is -0.730. The maximum atomic E-state index is 11.4. The average molecular weight is 199 g/mol. The molecule has 0 aromatic rings. The maximum absolute atomic E-state index is 11.4. The topological polar surface area (TPSA) is 38.3 Å². The third-order valence-electron chi connectivity index (χ3n) is 2.40. The summed E-state index contributed by atoms with van der Waals surface area (Å²) in [7, 11) is 0. The molecule has 1 fully saturated rings. The zero-order chi connectivity index (χ0) is 11.0. The Labute approximate surface area is 86.2 Å². The first-order valence-electron chi connectivity index (χ1n) is 5.21. The molecule has 1 N–H and O–H groups in total. The van der Waals surface area contributed by atoms with Crippen LogP contribution >= 0.6 is 0 Å². The van der Waals surface area contributed by atoms with Gasteiger partial charge in [-0.2, -0.15) is 0 Å². The van der Waals surface area contributed by atoms with Crippen molar-refractivity contribution in [2.75, 3.05) is 0 Å². The summed E-state index contributed by atoms with van der Waals surface area (Å²) in [6.45, 7) is 9.88. The summed E-state index contributed by atoms with van der Waals surface area (Å²) in [6, 6.07) is 0. The Balaban J connectivity index is 2.35. The fraction of sp³-hybridized carbons (Fsp3) is 0.909. The van der Waals surface area contributed by atoms with Gasteiger partial charge in [0, 0.05) is 5.54 Å². The molecule has 0 atom stereocenters. The highest BCUT2D eigenvalue weighted by Gasteiger charge is 2.39. The highest BCUT2D eigenvalue weighted by atomic mass is 16.6. The van der Waals surface area contributed by atoms with Crippen molar-refractivity contribution in [1.82, 2.24) is 5.32 Å². The third kappa shape index (κ3) is 3.20. The van der Waals surface area contributed by atoms with E-state index >= 15 is 0 Å². The van der Waals surface area contributed by atoms with E-state index in [4.69, 9.17) is 4.74 Å². The molecule has 0 aromatic heterocycles. The van der Waals surface area contributed by atoms with E-state index in [0.29, 0.717) is 0 Å². The molecule has 1 aliphatic rings. The van der Waals surface area contributed by atoms with Crippen molar-refractivity contribution in [2.45, 2.75) is 58.6 Å². The van der Waals surface area contributed by atoms with Gasteiger partial charge in [-0.05, 0) is 46.5 Å². The number of rotatable bonds is 1. The molecular formula is C11H21NO2. The van der Waals surface area contributed by atoms with E-state index in [1.54, 1.807) is 0 Å². The van der Waals surface area contributed by atoms with Gasteiger partial charge in [-0.3, -0.25) is 0 Å². The van der Waals surface area contributed by atoms with Crippen LogP contribution in [0.15, 0.2) is 0 Å². The van der Waals surface area contributed by atoms with Crippen LogP contribution < -0.4 is 5.32 Å². The summed E-state index contributed by atoms with van der Waals surface area (Å²) in [5.41, 5.74) is -0.447. The van der Waals surface area contributed by atoms with Crippen LogP contribution in [0.5, 0.6) is 0 Å². The normalized spacial score (nSPS) is 31.9. The monoisotopic (exact) mass is 199 g/mol. The number of carbonyl (C=O) groups excluding carboxylic acids is 1. The van der Waals surface area contributed by atoms with Gasteiger partial charge in [0.2, 0.25) is 0 Å². The molecule has 0 unspecified atom stereocenters. The van der Waals surface area contributed by atoms with Gasteiger partial charge in [0.15, 0.2) is 0 Å². The highest BCUT2D eigenvalue weighted by molar-refractivity contribution is 5.68. The smallest absolute Gasteiger partial charge is 0.408 e. The van der Waals surface area contributed by atoms with Gasteiger partial charge in [0.25, 0.3) is 0 Å². The van der Waals surface area contributed by atoms with Crippen molar-refractivity contribution in [3.05, 3.63) is 0 Å². The van der Waals surface area contributed by atoms with Crippen LogP contribution in [0.1, 0.15) is 47.5 Å². The molecule has 3 nitrogen and oxygen atoms in total. The summed E-state index contributed by atoms with van der Waals surface area (Å²) < 4.78 is 5.19. The molecule has 0 saturated heterocycles. The van der Waals surface area contributed by atoms with Crippen LogP contribution in [0.3, 0.4) is 0 Å². The molecule has 0 aromatic carbocycles. The Kier molecular flexibility index (Phi) is 2.79. The van der Waals surface area contributed by atoms with Gasteiger partial charge in [0.05, 0.1) is 0 Å². The Morgan fingerprint density at radius 2 is 1.93 bits per heavy atom. The van der Waals surface area contributed by atoms with Crippen LogP contribution in [0.25, 0.3) is 0 Å². The number of hydrogen-bond acceptors (Lipinski definition) is 2. The Bertz CT molecular complexity index is 224. The molecule has 0 radical (unpaired) electrons. The fourth-order valence-electron chi connectivity index (χ4n) is 2.13. The van der Waals surface area contributed by atoms with E-state index in [1.807, 2.05) is 20.8 Å². The van der Waals surface area contributed by atoms with E-state index in [0.717, 1.165) is 18.8 Å². The summed E-state index contributed by atoms with van der Waals surface area (Å²) in [6.07, 6.45) is 1.80. The molecule has 0 heterocycles. The van der Waals surface area contributed by atoms with Crippen molar-refractivity contribution in [1.29, 1.82) is 0 Å². The number of carbonyl (C=O) groups is 1. The highest BCUT2D eigenvalue weighted by Crippen LogP contribution is 2.36. The quantitative estimate of drug-likeness (QED) is 0.705. The molecule has 0 bridgehead atoms. The lowest BCUT2D eigenvalue weighted by Gasteiger charge is -2.44. The standard InChI is InChI=1S/C11H21NO2/c1-8-6-11(5,7-8)12-9(13)14-10(2,3)4/h8H,6-7H2,1-5H3,(H,12,13)/t8-,11+. The van der Waals surface area contributed by atoms with Gasteiger partial charge >= 0.3 is 6.09 Å². The first kappa shape index (κ1) is 11.3. The van der Waals surface area contributed by atoms with Crippen LogP contribution in [0, 0.1) is 5.92 Å². The second-order valence-electron chi connectivity index (χ2n) is 5.70. The molecule has 0 spiro atoms. The molecule has 3 heteroatoms. The number of amides is 1. The van der Waals surface area contributed by atoms with Crippen molar-refractivity contribution in [2.24, 2.45) is 5.92 Å². The van der Waals surface area contributed by atoms with E-state index in [1.165, 1.54) is 0 Å². The SMILES string of the molecule is CC(C)(C)OC(=O)N[C@]1(C)C[C@H](C)C1. The lowest BCUT2D eigenvalue weighted by molar-refractivity contribution is 0.0344. The van der Waals surface area contributed by atoms with Crippen molar-refractivity contribution < 1.29 is 9.53 Å². The minimum absolute atomic E-state index is 0.0399. The number of nitrogens with one attached hydrogen (secondary N) is 1. The van der Waals surface area contributed by atoms with E-state index in [9.17, 15) is 4.79 Å². The molecule has 1 aliphatic carbocycles. The minimum atomic E-state index is -0.407. The summed E-state index contributed by atoms with van der Waals surface area (Å²) in [5.74, 6) is 0.718. The summed E-state index contributed by atoms with van der Waals surface area (Å²) >= 11 is 0. The first-order valence-corrected chi connectivity index (χ1v) is 5.21. The molecule has 1 saturated carbocycles. The van der Waals surface area contributed by atoms with Gasteiger partial charge in [0.1, 0.15) is 5.60 Å². The second-order valence-corrected chi connectivity index (χ2v) is 5.70. The van der Waals surface area contributed by atoms with Crippen molar-refractivity contribution >= 4 is 6.09 Å². The average Bonchev–Trinajstić information content (AvgIpc) is 1.76. The zero-order valence-corrected chi connectivity index (χ0v) is 9.81. The summed E-state index contributed by atoms with van der Waals surface area (Å²) in [5, 5.41) is 2.92. The predicted molar refractivity (Wildman–Crippen MR) is 56.2 cm³/mol.